The van der Waals surface area contributed by atoms with Gasteiger partial charge in [-0.05, 0) is 62.7 Å². The summed E-state index contributed by atoms with van der Waals surface area (Å²) in [7, 11) is 6.28. The lowest BCUT2D eigenvalue weighted by molar-refractivity contribution is -0.184. The van der Waals surface area contributed by atoms with Crippen molar-refractivity contribution in [2.45, 2.75) is 78.7 Å². The van der Waals surface area contributed by atoms with E-state index < -0.39 is 0 Å². The van der Waals surface area contributed by atoms with E-state index in [2.05, 4.69) is 65.5 Å². The van der Waals surface area contributed by atoms with Crippen molar-refractivity contribution in [3.63, 3.8) is 0 Å². The molecule has 0 aromatic carbocycles. The maximum atomic E-state index is 5.28. The van der Waals surface area contributed by atoms with E-state index in [-0.39, 0.29) is 18.7 Å². The quantitative estimate of drug-likeness (QED) is 0.550. The van der Waals surface area contributed by atoms with Crippen molar-refractivity contribution in [1.82, 2.24) is 30.7 Å². The first-order valence-corrected chi connectivity index (χ1v) is 9.83. The van der Waals surface area contributed by atoms with Crippen LogP contribution in [0.2, 0.25) is 0 Å². The third-order valence-electron chi connectivity index (χ3n) is 5.02. The predicted molar refractivity (Wildman–Crippen MR) is 107 cm³/mol. The summed E-state index contributed by atoms with van der Waals surface area (Å²) in [6.45, 7) is 14.6. The van der Waals surface area contributed by atoms with Crippen LogP contribution in [0.4, 0.5) is 0 Å². The van der Waals surface area contributed by atoms with Gasteiger partial charge in [0.2, 0.25) is 0 Å². The normalized spacial score (nSPS) is 39.0. The molecule has 3 aliphatic heterocycles. The van der Waals surface area contributed by atoms with Crippen molar-refractivity contribution in [3.8, 4) is 0 Å². The van der Waals surface area contributed by atoms with E-state index in [1.165, 1.54) is 0 Å². The SMILES string of the molecule is CC1NC(C)N(C)CN1C.CC1NC(C)N(C)CO1.CC1NC(C)OCO1. The summed E-state index contributed by atoms with van der Waals surface area (Å²) >= 11 is 0. The maximum absolute atomic E-state index is 5.28. The van der Waals surface area contributed by atoms with Crippen molar-refractivity contribution in [2.24, 2.45) is 0 Å². The van der Waals surface area contributed by atoms with Gasteiger partial charge >= 0.3 is 0 Å². The highest BCUT2D eigenvalue weighted by molar-refractivity contribution is 4.72. The second kappa shape index (κ2) is 12.3. The molecule has 3 aliphatic rings. The summed E-state index contributed by atoms with van der Waals surface area (Å²) in [5, 5.41) is 9.70. The van der Waals surface area contributed by atoms with Crippen LogP contribution in [-0.2, 0) is 14.2 Å². The lowest BCUT2D eigenvalue weighted by atomic mass is 10.3. The molecule has 3 heterocycles. The molecule has 0 saturated carbocycles. The molecular formula is C18H42N6O3. The highest BCUT2D eigenvalue weighted by Gasteiger charge is 2.22. The fourth-order valence-electron chi connectivity index (χ4n) is 2.73. The maximum Gasteiger partial charge on any atom is 0.150 e. The summed E-state index contributed by atoms with van der Waals surface area (Å²) in [6.07, 6.45) is 1.93. The molecule has 162 valence electrons. The standard InChI is InChI=1S/C7H17N3.C6H14N2O.C5H11NO2/c1-6-8-7(2)10(4)5-9(6)3;1-5-7-6(2)9-4-8(5)3;1-4-6-5(2)8-3-7-4/h6-8H,5H2,1-4H3;5-7H,4H2,1-3H3;4-6H,3H2,1-2H3. The van der Waals surface area contributed by atoms with Gasteiger partial charge in [0.15, 0.2) is 6.79 Å². The van der Waals surface area contributed by atoms with Crippen LogP contribution >= 0.6 is 0 Å². The highest BCUT2D eigenvalue weighted by Crippen LogP contribution is 2.05. The summed E-state index contributed by atoms with van der Waals surface area (Å²) in [5.41, 5.74) is 0. The number of nitrogens with one attached hydrogen (secondary N) is 3. The Labute approximate surface area is 165 Å². The molecule has 0 aliphatic carbocycles. The Morgan fingerprint density at radius 3 is 1.37 bits per heavy atom. The molecule has 6 atom stereocenters. The summed E-state index contributed by atoms with van der Waals surface area (Å²) in [4.78, 5) is 6.67. The molecule has 0 spiro atoms. The fourth-order valence-corrected chi connectivity index (χ4v) is 2.73. The van der Waals surface area contributed by atoms with Crippen LogP contribution in [0.25, 0.3) is 0 Å². The molecule has 0 aromatic heterocycles. The van der Waals surface area contributed by atoms with E-state index in [1.54, 1.807) is 0 Å². The zero-order valence-corrected chi connectivity index (χ0v) is 18.7. The van der Waals surface area contributed by atoms with Crippen LogP contribution in [0, 0.1) is 0 Å². The minimum atomic E-state index is 0.138. The molecule has 3 rings (SSSR count). The molecule has 0 bridgehead atoms. The first-order valence-electron chi connectivity index (χ1n) is 9.83. The monoisotopic (exact) mass is 390 g/mol. The minimum absolute atomic E-state index is 0.138. The molecule has 0 radical (unpaired) electrons. The van der Waals surface area contributed by atoms with Crippen molar-refractivity contribution >= 4 is 0 Å². The highest BCUT2D eigenvalue weighted by atomic mass is 16.7. The van der Waals surface area contributed by atoms with E-state index in [0.717, 1.165) is 13.4 Å². The summed E-state index contributed by atoms with van der Waals surface area (Å²) in [5.74, 6) is 0. The average Bonchev–Trinajstić information content (AvgIpc) is 2.58. The van der Waals surface area contributed by atoms with E-state index in [4.69, 9.17) is 14.2 Å². The van der Waals surface area contributed by atoms with E-state index in [0.29, 0.717) is 25.3 Å². The third kappa shape index (κ3) is 9.60. The Hall–Kier alpha value is -0.360. The van der Waals surface area contributed by atoms with E-state index in [1.807, 2.05) is 27.8 Å². The molecule has 27 heavy (non-hydrogen) atoms. The van der Waals surface area contributed by atoms with Crippen LogP contribution < -0.4 is 16.0 Å². The van der Waals surface area contributed by atoms with Gasteiger partial charge in [-0.1, -0.05) is 0 Å². The van der Waals surface area contributed by atoms with Gasteiger partial charge in [0.1, 0.15) is 25.4 Å². The van der Waals surface area contributed by atoms with Gasteiger partial charge in [-0.15, -0.1) is 0 Å². The number of nitrogens with zero attached hydrogens (tertiary/aromatic N) is 3. The van der Waals surface area contributed by atoms with Crippen molar-refractivity contribution < 1.29 is 14.2 Å². The Kier molecular flexibility index (Phi) is 11.2. The Bertz CT molecular complexity index is 371. The molecule has 0 aromatic rings. The van der Waals surface area contributed by atoms with Crippen LogP contribution in [0.1, 0.15) is 41.5 Å². The number of hydrogen-bond acceptors (Lipinski definition) is 9. The van der Waals surface area contributed by atoms with Gasteiger partial charge in [-0.3, -0.25) is 30.7 Å². The minimum Gasteiger partial charge on any atom is -0.348 e. The molecule has 3 saturated heterocycles. The zero-order chi connectivity index (χ0) is 20.6. The van der Waals surface area contributed by atoms with Crippen LogP contribution in [0.15, 0.2) is 0 Å². The van der Waals surface area contributed by atoms with Gasteiger partial charge in [0, 0.05) is 0 Å². The smallest absolute Gasteiger partial charge is 0.150 e. The number of hydrogen-bond donors (Lipinski definition) is 3. The Morgan fingerprint density at radius 2 is 1.04 bits per heavy atom. The zero-order valence-electron chi connectivity index (χ0n) is 18.7. The second-order valence-corrected chi connectivity index (χ2v) is 7.61. The third-order valence-corrected chi connectivity index (χ3v) is 5.02. The van der Waals surface area contributed by atoms with Gasteiger partial charge in [-0.25, -0.2) is 0 Å². The van der Waals surface area contributed by atoms with Crippen LogP contribution in [0.3, 0.4) is 0 Å². The van der Waals surface area contributed by atoms with Crippen molar-refractivity contribution in [3.05, 3.63) is 0 Å². The predicted octanol–water partition coefficient (Wildman–Crippen LogP) is 0.563. The summed E-state index contributed by atoms with van der Waals surface area (Å²) < 4.78 is 15.3. The van der Waals surface area contributed by atoms with Crippen molar-refractivity contribution in [2.75, 3.05) is 41.3 Å². The van der Waals surface area contributed by atoms with Crippen LogP contribution in [0.5, 0.6) is 0 Å². The number of ether oxygens (including phenoxy) is 3. The molecule has 0 amide bonds. The van der Waals surface area contributed by atoms with Gasteiger partial charge in [-0.2, -0.15) is 0 Å². The van der Waals surface area contributed by atoms with Crippen molar-refractivity contribution in [1.29, 1.82) is 0 Å². The van der Waals surface area contributed by atoms with E-state index in [9.17, 15) is 0 Å². The Balaban J connectivity index is 0.000000204. The lowest BCUT2D eigenvalue weighted by Gasteiger charge is -2.41. The number of rotatable bonds is 0. The first kappa shape index (κ1) is 24.7. The Morgan fingerprint density at radius 1 is 0.593 bits per heavy atom. The molecule has 6 unspecified atom stereocenters. The molecule has 9 heteroatoms. The molecule has 3 fully saturated rings. The average molecular weight is 391 g/mol. The van der Waals surface area contributed by atoms with Gasteiger partial charge in [0.25, 0.3) is 0 Å². The lowest BCUT2D eigenvalue weighted by Crippen LogP contribution is -2.60. The first-order chi connectivity index (χ1) is 12.6. The largest absolute Gasteiger partial charge is 0.348 e. The fraction of sp³-hybridized carbons (Fsp3) is 1.00. The molecule has 3 N–H and O–H groups in total. The van der Waals surface area contributed by atoms with Gasteiger partial charge in [0.05, 0.1) is 25.2 Å². The van der Waals surface area contributed by atoms with E-state index >= 15 is 0 Å². The molecule has 9 nitrogen and oxygen atoms in total. The van der Waals surface area contributed by atoms with Gasteiger partial charge < -0.3 is 14.2 Å². The summed E-state index contributed by atoms with van der Waals surface area (Å²) in [6, 6.07) is 0. The molecular weight excluding hydrogens is 348 g/mol. The topological polar surface area (TPSA) is 73.5 Å². The second-order valence-electron chi connectivity index (χ2n) is 7.61. The van der Waals surface area contributed by atoms with Crippen LogP contribution in [-0.4, -0.2) is 93.2 Å².